The zero-order valence-corrected chi connectivity index (χ0v) is 15.8. The Morgan fingerprint density at radius 3 is 2.92 bits per heavy atom. The minimum Gasteiger partial charge on any atom is -0.633 e. The zero-order chi connectivity index (χ0) is 18.7. The van der Waals surface area contributed by atoms with Crippen molar-refractivity contribution >= 4 is 23.2 Å². The molecule has 1 amide bonds. The summed E-state index contributed by atoms with van der Waals surface area (Å²) in [4.78, 5) is 12.7. The summed E-state index contributed by atoms with van der Waals surface area (Å²) >= 11 is 6.17. The molecule has 0 aromatic heterocycles. The number of nitrogens with two attached hydrogens (primary N) is 1. The standard InChI is InChI=1S/C18H26ClN3O4/c1-25-9-2-6-22(24)7-3-12(4-8-22)21-18(23)14-11-15(19)16(20)13-5-10-26-17(13)14/h11-12H,2-10,20H2,1H3,(H,21,23). The molecule has 0 spiro atoms. The molecule has 8 heteroatoms. The lowest BCUT2D eigenvalue weighted by atomic mass is 10.0. The summed E-state index contributed by atoms with van der Waals surface area (Å²) in [5.41, 5.74) is 7.69. The topological polar surface area (TPSA) is 96.6 Å². The number of likely N-dealkylation sites (tertiary alicyclic amines) is 1. The predicted octanol–water partition coefficient (Wildman–Crippen LogP) is 2.10. The van der Waals surface area contributed by atoms with Gasteiger partial charge in [-0.05, 0) is 6.07 Å². The molecule has 26 heavy (non-hydrogen) atoms. The second-order valence-corrected chi connectivity index (χ2v) is 7.46. The molecule has 2 aliphatic rings. The quantitative estimate of drug-likeness (QED) is 0.339. The van der Waals surface area contributed by atoms with Crippen molar-refractivity contribution in [2.75, 3.05) is 45.7 Å². The summed E-state index contributed by atoms with van der Waals surface area (Å²) in [5, 5.41) is 16.0. The fourth-order valence-electron chi connectivity index (χ4n) is 3.70. The minimum atomic E-state index is -0.222. The van der Waals surface area contributed by atoms with Crippen molar-refractivity contribution < 1.29 is 18.9 Å². The molecule has 0 radical (unpaired) electrons. The number of carbonyl (C=O) groups excluding carboxylic acids is 1. The maximum Gasteiger partial charge on any atom is 0.255 e. The first-order chi connectivity index (χ1) is 12.4. The summed E-state index contributed by atoms with van der Waals surface area (Å²) in [6, 6.07) is 1.55. The normalized spacial score (nSPS) is 24.8. The van der Waals surface area contributed by atoms with E-state index < -0.39 is 0 Å². The Morgan fingerprint density at radius 2 is 2.23 bits per heavy atom. The molecule has 2 heterocycles. The lowest BCUT2D eigenvalue weighted by Gasteiger charge is -2.47. The Kier molecular flexibility index (Phi) is 5.92. The van der Waals surface area contributed by atoms with E-state index in [2.05, 4.69) is 5.32 Å². The molecule has 1 saturated heterocycles. The van der Waals surface area contributed by atoms with Gasteiger partial charge in [-0.15, -0.1) is 0 Å². The van der Waals surface area contributed by atoms with Gasteiger partial charge in [0.15, 0.2) is 0 Å². The van der Waals surface area contributed by atoms with Crippen LogP contribution in [-0.2, 0) is 11.2 Å². The van der Waals surface area contributed by atoms with Gasteiger partial charge in [0, 0.05) is 44.4 Å². The molecule has 0 atom stereocenters. The van der Waals surface area contributed by atoms with Gasteiger partial charge in [0.2, 0.25) is 0 Å². The Bertz CT molecular complexity index is 675. The van der Waals surface area contributed by atoms with Gasteiger partial charge in [0.1, 0.15) is 5.75 Å². The number of ether oxygens (including phenoxy) is 2. The molecular weight excluding hydrogens is 358 g/mol. The van der Waals surface area contributed by atoms with Crippen LogP contribution in [0.4, 0.5) is 5.69 Å². The van der Waals surface area contributed by atoms with Crippen LogP contribution in [0.15, 0.2) is 6.07 Å². The first-order valence-corrected chi connectivity index (χ1v) is 9.42. The fourth-order valence-corrected chi connectivity index (χ4v) is 3.93. The van der Waals surface area contributed by atoms with Gasteiger partial charge >= 0.3 is 0 Å². The van der Waals surface area contributed by atoms with Crippen molar-refractivity contribution in [3.8, 4) is 5.75 Å². The number of nitrogens with zero attached hydrogens (tertiary/aromatic N) is 1. The number of amides is 1. The highest BCUT2D eigenvalue weighted by Crippen LogP contribution is 2.38. The van der Waals surface area contributed by atoms with E-state index in [-0.39, 0.29) is 16.6 Å². The Balaban J connectivity index is 1.60. The fraction of sp³-hybridized carbons (Fsp3) is 0.611. The molecule has 144 valence electrons. The Labute approximate surface area is 158 Å². The van der Waals surface area contributed by atoms with E-state index in [4.69, 9.17) is 26.8 Å². The average molecular weight is 384 g/mol. The van der Waals surface area contributed by atoms with Gasteiger partial charge in [0.05, 0.1) is 49.1 Å². The second-order valence-electron chi connectivity index (χ2n) is 7.05. The van der Waals surface area contributed by atoms with Crippen LogP contribution < -0.4 is 15.8 Å². The summed E-state index contributed by atoms with van der Waals surface area (Å²) in [6.07, 6.45) is 2.73. The van der Waals surface area contributed by atoms with Gasteiger partial charge in [-0.3, -0.25) is 4.79 Å². The highest BCUT2D eigenvalue weighted by molar-refractivity contribution is 6.33. The number of hydrogen-bond donors (Lipinski definition) is 2. The van der Waals surface area contributed by atoms with Crippen LogP contribution in [-0.4, -0.2) is 56.6 Å². The third kappa shape index (κ3) is 4.06. The number of fused-ring (bicyclic) bond motifs is 1. The van der Waals surface area contributed by atoms with E-state index in [1.54, 1.807) is 13.2 Å². The number of carbonyl (C=O) groups is 1. The van der Waals surface area contributed by atoms with Gasteiger partial charge in [-0.1, -0.05) is 11.6 Å². The van der Waals surface area contributed by atoms with Gasteiger partial charge < -0.3 is 30.4 Å². The van der Waals surface area contributed by atoms with Crippen molar-refractivity contribution in [1.82, 2.24) is 5.32 Å². The largest absolute Gasteiger partial charge is 0.633 e. The number of piperidine rings is 1. The summed E-state index contributed by atoms with van der Waals surface area (Å²) < 4.78 is 10.4. The number of benzene rings is 1. The van der Waals surface area contributed by atoms with Crippen LogP contribution >= 0.6 is 11.6 Å². The van der Waals surface area contributed by atoms with Crippen molar-refractivity contribution in [2.45, 2.75) is 31.7 Å². The van der Waals surface area contributed by atoms with Crippen molar-refractivity contribution in [3.63, 3.8) is 0 Å². The number of anilines is 1. The smallest absolute Gasteiger partial charge is 0.255 e. The number of nitrogens with one attached hydrogen (secondary N) is 1. The molecule has 1 aromatic carbocycles. The van der Waals surface area contributed by atoms with Crippen LogP contribution in [0.3, 0.4) is 0 Å². The SMILES string of the molecule is COCCC[N+]1([O-])CCC(NC(=O)c2cc(Cl)c(N)c3c2OCC3)CC1. The number of nitrogen functional groups attached to an aromatic ring is 1. The molecular formula is C18H26ClN3O4. The van der Waals surface area contributed by atoms with Gasteiger partial charge in [-0.2, -0.15) is 0 Å². The van der Waals surface area contributed by atoms with Gasteiger partial charge in [0.25, 0.3) is 5.91 Å². The maximum absolute atomic E-state index is 12.7. The van der Waals surface area contributed by atoms with Crippen LogP contribution in [0.2, 0.25) is 5.02 Å². The van der Waals surface area contributed by atoms with E-state index in [1.807, 2.05) is 0 Å². The third-order valence-corrected chi connectivity index (χ3v) is 5.55. The number of rotatable bonds is 6. The molecule has 3 rings (SSSR count). The van der Waals surface area contributed by atoms with Crippen LogP contribution in [0.25, 0.3) is 0 Å². The molecule has 0 bridgehead atoms. The summed E-state index contributed by atoms with van der Waals surface area (Å²) in [5.74, 6) is 0.314. The highest BCUT2D eigenvalue weighted by atomic mass is 35.5. The predicted molar refractivity (Wildman–Crippen MR) is 100 cm³/mol. The number of methoxy groups -OCH3 is 1. The molecule has 3 N–H and O–H groups in total. The molecule has 1 fully saturated rings. The molecule has 0 aliphatic carbocycles. The minimum absolute atomic E-state index is 0.0153. The molecule has 2 aliphatic heterocycles. The summed E-state index contributed by atoms with van der Waals surface area (Å²) in [7, 11) is 1.64. The number of hydroxylamine groups is 3. The molecule has 1 aromatic rings. The molecule has 0 unspecified atom stereocenters. The Morgan fingerprint density at radius 1 is 1.50 bits per heavy atom. The average Bonchev–Trinajstić information content (AvgIpc) is 3.10. The van der Waals surface area contributed by atoms with E-state index in [0.29, 0.717) is 74.1 Å². The molecule has 0 saturated carbocycles. The van der Waals surface area contributed by atoms with Crippen LogP contribution in [0.1, 0.15) is 35.2 Å². The van der Waals surface area contributed by atoms with E-state index in [1.165, 1.54) is 0 Å². The lowest BCUT2D eigenvalue weighted by molar-refractivity contribution is -0.886. The number of hydrogen-bond acceptors (Lipinski definition) is 5. The first kappa shape index (κ1) is 19.2. The summed E-state index contributed by atoms with van der Waals surface area (Å²) in [6.45, 7) is 2.67. The first-order valence-electron chi connectivity index (χ1n) is 9.04. The van der Waals surface area contributed by atoms with E-state index in [0.717, 1.165) is 12.0 Å². The number of halogens is 1. The monoisotopic (exact) mass is 383 g/mol. The van der Waals surface area contributed by atoms with Crippen LogP contribution in [0, 0.1) is 5.21 Å². The van der Waals surface area contributed by atoms with Crippen molar-refractivity contribution in [1.29, 1.82) is 0 Å². The van der Waals surface area contributed by atoms with Crippen molar-refractivity contribution in [2.24, 2.45) is 0 Å². The third-order valence-electron chi connectivity index (χ3n) is 5.23. The zero-order valence-electron chi connectivity index (χ0n) is 15.1. The molecule has 7 nitrogen and oxygen atoms in total. The lowest BCUT2D eigenvalue weighted by Crippen LogP contribution is -2.53. The van der Waals surface area contributed by atoms with E-state index >= 15 is 0 Å². The number of quaternary nitrogens is 1. The Hall–Kier alpha value is -1.54. The van der Waals surface area contributed by atoms with Gasteiger partial charge in [-0.25, -0.2) is 0 Å². The van der Waals surface area contributed by atoms with Crippen LogP contribution in [0.5, 0.6) is 5.75 Å². The second kappa shape index (κ2) is 8.00. The highest BCUT2D eigenvalue weighted by Gasteiger charge is 2.30. The maximum atomic E-state index is 12.7. The van der Waals surface area contributed by atoms with E-state index in [9.17, 15) is 10.0 Å². The van der Waals surface area contributed by atoms with Crippen molar-refractivity contribution in [3.05, 3.63) is 27.4 Å².